The molecule has 4 nitrogen and oxygen atoms in total. The number of Topliss-reactive ketones (excluding diaryl/α,β-unsaturated/α-hetero) is 1. The molecule has 1 unspecified atom stereocenters. The number of benzene rings is 1. The van der Waals surface area contributed by atoms with Crippen molar-refractivity contribution in [3.63, 3.8) is 0 Å². The first-order valence-corrected chi connectivity index (χ1v) is 6.67. The van der Waals surface area contributed by atoms with Crippen LogP contribution in [0.15, 0.2) is 24.3 Å². The zero-order chi connectivity index (χ0) is 13.3. The smallest absolute Gasteiger partial charge is 0.175 e. The van der Waals surface area contributed by atoms with Crippen LogP contribution < -0.4 is 4.74 Å². The predicted octanol–water partition coefficient (Wildman–Crippen LogP) is 2.27. The molecule has 19 heavy (non-hydrogen) atoms. The molecule has 1 aromatic carbocycles. The molecule has 1 aromatic rings. The minimum Gasteiger partial charge on any atom is -0.497 e. The molecule has 1 saturated carbocycles. The fraction of sp³-hybridized carbons (Fsp3) is 0.533. The highest BCUT2D eigenvalue weighted by Crippen LogP contribution is 2.40. The molecule has 0 radical (unpaired) electrons. The fourth-order valence-corrected chi connectivity index (χ4v) is 2.93. The van der Waals surface area contributed by atoms with Crippen LogP contribution in [0.1, 0.15) is 30.7 Å². The van der Waals surface area contributed by atoms with Crippen LogP contribution in [0.4, 0.5) is 0 Å². The van der Waals surface area contributed by atoms with Gasteiger partial charge >= 0.3 is 0 Å². The van der Waals surface area contributed by atoms with Crippen LogP contribution in [0.3, 0.4) is 0 Å². The molecule has 1 aliphatic carbocycles. The van der Waals surface area contributed by atoms with Crippen molar-refractivity contribution >= 4 is 5.78 Å². The van der Waals surface area contributed by atoms with E-state index in [1.54, 1.807) is 7.11 Å². The summed E-state index contributed by atoms with van der Waals surface area (Å²) in [6.45, 7) is 1.20. The summed E-state index contributed by atoms with van der Waals surface area (Å²) in [5, 5.41) is 0. The first kappa shape index (κ1) is 12.6. The number of methoxy groups -OCH3 is 1. The van der Waals surface area contributed by atoms with E-state index in [-0.39, 0.29) is 11.7 Å². The number of hydrogen-bond acceptors (Lipinski definition) is 4. The monoisotopic (exact) mass is 262 g/mol. The lowest BCUT2D eigenvalue weighted by Crippen LogP contribution is -2.39. The highest BCUT2D eigenvalue weighted by molar-refractivity contribution is 5.87. The number of rotatable bonds is 2. The second kappa shape index (κ2) is 4.94. The third-order valence-electron chi connectivity index (χ3n) is 3.98. The molecule has 0 bridgehead atoms. The van der Waals surface area contributed by atoms with Gasteiger partial charge in [0, 0.05) is 12.3 Å². The first-order chi connectivity index (χ1) is 9.22. The van der Waals surface area contributed by atoms with E-state index >= 15 is 0 Å². The van der Waals surface area contributed by atoms with Crippen molar-refractivity contribution in [2.24, 2.45) is 0 Å². The summed E-state index contributed by atoms with van der Waals surface area (Å²) in [5.74, 6) is 0.355. The second-order valence-electron chi connectivity index (χ2n) is 5.12. The molecule has 1 aliphatic heterocycles. The van der Waals surface area contributed by atoms with Crippen molar-refractivity contribution < 1.29 is 19.0 Å². The van der Waals surface area contributed by atoms with Crippen LogP contribution in [0.5, 0.6) is 5.75 Å². The normalized spacial score (nSPS) is 25.7. The average molecular weight is 262 g/mol. The highest BCUT2D eigenvalue weighted by atomic mass is 16.7. The third-order valence-corrected chi connectivity index (χ3v) is 3.98. The molecule has 102 valence electrons. The van der Waals surface area contributed by atoms with E-state index in [1.807, 2.05) is 24.3 Å². The average Bonchev–Trinajstić information content (AvgIpc) is 2.87. The molecule has 3 rings (SSSR count). The number of ketones is 1. The molecule has 0 N–H and O–H groups in total. The minimum atomic E-state index is -0.625. The molecule has 2 fully saturated rings. The van der Waals surface area contributed by atoms with Crippen LogP contribution in [-0.4, -0.2) is 31.9 Å². The van der Waals surface area contributed by atoms with Crippen molar-refractivity contribution in [3.05, 3.63) is 29.8 Å². The van der Waals surface area contributed by atoms with Crippen molar-refractivity contribution in [1.29, 1.82) is 0 Å². The highest BCUT2D eigenvalue weighted by Gasteiger charge is 2.44. The maximum atomic E-state index is 12.3. The summed E-state index contributed by atoms with van der Waals surface area (Å²) < 4.78 is 16.4. The van der Waals surface area contributed by atoms with Gasteiger partial charge in [0.25, 0.3) is 0 Å². The molecule has 1 spiro atoms. The van der Waals surface area contributed by atoms with Gasteiger partial charge in [0.15, 0.2) is 5.79 Å². The summed E-state index contributed by atoms with van der Waals surface area (Å²) in [6, 6.07) is 7.73. The minimum absolute atomic E-state index is 0.0377. The van der Waals surface area contributed by atoms with Crippen molar-refractivity contribution in [3.8, 4) is 5.75 Å². The van der Waals surface area contributed by atoms with E-state index in [0.29, 0.717) is 19.6 Å². The maximum Gasteiger partial charge on any atom is 0.175 e. The topological polar surface area (TPSA) is 44.8 Å². The molecule has 1 atom stereocenters. The number of carbonyl (C=O) groups is 1. The van der Waals surface area contributed by atoms with Gasteiger partial charge in [-0.2, -0.15) is 0 Å². The Kier molecular flexibility index (Phi) is 3.29. The van der Waals surface area contributed by atoms with E-state index in [0.717, 1.165) is 24.2 Å². The van der Waals surface area contributed by atoms with E-state index in [2.05, 4.69) is 0 Å². The molecular formula is C15H18O4. The van der Waals surface area contributed by atoms with Crippen LogP contribution in [-0.2, 0) is 14.3 Å². The molecule has 1 heterocycles. The Bertz CT molecular complexity index is 460. The van der Waals surface area contributed by atoms with E-state index in [9.17, 15) is 4.79 Å². The Morgan fingerprint density at radius 1 is 1.21 bits per heavy atom. The lowest BCUT2D eigenvalue weighted by atomic mass is 9.80. The lowest BCUT2D eigenvalue weighted by molar-refractivity contribution is -0.182. The lowest BCUT2D eigenvalue weighted by Gasteiger charge is -2.34. The fourth-order valence-electron chi connectivity index (χ4n) is 2.93. The van der Waals surface area contributed by atoms with Gasteiger partial charge in [-0.25, -0.2) is 0 Å². The zero-order valence-corrected chi connectivity index (χ0v) is 11.1. The zero-order valence-electron chi connectivity index (χ0n) is 11.1. The van der Waals surface area contributed by atoms with Crippen molar-refractivity contribution in [1.82, 2.24) is 0 Å². The Labute approximate surface area is 112 Å². The molecular weight excluding hydrogens is 244 g/mol. The molecule has 1 saturated heterocycles. The third kappa shape index (κ3) is 2.38. The van der Waals surface area contributed by atoms with Crippen LogP contribution >= 0.6 is 0 Å². The standard InChI is InChI=1S/C15H18O4/c1-17-12-4-2-11(3-5-12)13-6-7-15(10-14(13)16)18-8-9-19-15/h2-5,13H,6-10H2,1H3. The van der Waals surface area contributed by atoms with Gasteiger partial charge in [-0.3, -0.25) is 4.79 Å². The van der Waals surface area contributed by atoms with Gasteiger partial charge in [0.05, 0.1) is 26.7 Å². The van der Waals surface area contributed by atoms with Gasteiger partial charge in [-0.05, 0) is 24.1 Å². The van der Waals surface area contributed by atoms with Crippen LogP contribution in [0.25, 0.3) is 0 Å². The summed E-state index contributed by atoms with van der Waals surface area (Å²) in [7, 11) is 1.64. The van der Waals surface area contributed by atoms with Gasteiger partial charge in [0.2, 0.25) is 0 Å². The Balaban J connectivity index is 1.74. The molecule has 0 amide bonds. The van der Waals surface area contributed by atoms with Gasteiger partial charge in [-0.1, -0.05) is 12.1 Å². The first-order valence-electron chi connectivity index (χ1n) is 6.67. The quantitative estimate of drug-likeness (QED) is 0.820. The maximum absolute atomic E-state index is 12.3. The number of ether oxygens (including phenoxy) is 3. The van der Waals surface area contributed by atoms with Gasteiger partial charge in [0.1, 0.15) is 11.5 Å². The van der Waals surface area contributed by atoms with E-state index in [1.165, 1.54) is 0 Å². The Morgan fingerprint density at radius 2 is 1.89 bits per heavy atom. The van der Waals surface area contributed by atoms with E-state index < -0.39 is 5.79 Å². The molecule has 0 aromatic heterocycles. The van der Waals surface area contributed by atoms with Gasteiger partial charge < -0.3 is 14.2 Å². The largest absolute Gasteiger partial charge is 0.497 e. The molecule has 4 heteroatoms. The summed E-state index contributed by atoms with van der Waals surface area (Å²) in [5.41, 5.74) is 1.05. The summed E-state index contributed by atoms with van der Waals surface area (Å²) in [4.78, 5) is 12.3. The molecule has 2 aliphatic rings. The Hall–Kier alpha value is -1.39. The predicted molar refractivity (Wildman–Crippen MR) is 69.2 cm³/mol. The van der Waals surface area contributed by atoms with Crippen LogP contribution in [0, 0.1) is 0 Å². The SMILES string of the molecule is COc1ccc(C2CCC3(CC2=O)OCCO3)cc1. The second-order valence-corrected chi connectivity index (χ2v) is 5.12. The summed E-state index contributed by atoms with van der Waals surface area (Å²) >= 11 is 0. The van der Waals surface area contributed by atoms with E-state index in [4.69, 9.17) is 14.2 Å². The van der Waals surface area contributed by atoms with Gasteiger partial charge in [-0.15, -0.1) is 0 Å². The van der Waals surface area contributed by atoms with Crippen LogP contribution in [0.2, 0.25) is 0 Å². The number of carbonyl (C=O) groups excluding carboxylic acids is 1. The Morgan fingerprint density at radius 3 is 2.47 bits per heavy atom. The summed E-state index contributed by atoms with van der Waals surface area (Å²) in [6.07, 6.45) is 1.93. The number of hydrogen-bond donors (Lipinski definition) is 0. The van der Waals surface area contributed by atoms with Crippen molar-refractivity contribution in [2.45, 2.75) is 31.0 Å². The van der Waals surface area contributed by atoms with Crippen molar-refractivity contribution in [2.75, 3.05) is 20.3 Å².